The number of hydrogen-bond acceptors (Lipinski definition) is 7. The fourth-order valence-electron chi connectivity index (χ4n) is 3.29. The molecule has 178 valence electrons. The molecule has 2 aromatic heterocycles. The van der Waals surface area contributed by atoms with E-state index in [0.29, 0.717) is 40.0 Å². The van der Waals surface area contributed by atoms with Gasteiger partial charge in [-0.25, -0.2) is 0 Å². The van der Waals surface area contributed by atoms with Gasteiger partial charge in [0.25, 0.3) is 5.56 Å². The van der Waals surface area contributed by atoms with E-state index in [1.54, 1.807) is 29.7 Å². The van der Waals surface area contributed by atoms with Crippen LogP contribution in [0.15, 0.2) is 28.2 Å². The smallest absolute Gasteiger partial charge is 0.262 e. The van der Waals surface area contributed by atoms with Gasteiger partial charge in [0.05, 0.1) is 16.7 Å². The largest absolute Gasteiger partial charge is 0.385 e. The molecule has 3 aromatic rings. The van der Waals surface area contributed by atoms with Crippen LogP contribution in [0.1, 0.15) is 26.7 Å². The van der Waals surface area contributed by atoms with Crippen molar-refractivity contribution in [2.24, 2.45) is 0 Å². The molecule has 0 aliphatic rings. The first kappa shape index (κ1) is 25.0. The molecule has 10 nitrogen and oxygen atoms in total. The summed E-state index contributed by atoms with van der Waals surface area (Å²) in [6.07, 6.45) is 0.835. The predicted octanol–water partition coefficient (Wildman–Crippen LogP) is 1.86. The van der Waals surface area contributed by atoms with Gasteiger partial charge < -0.3 is 15.4 Å². The summed E-state index contributed by atoms with van der Waals surface area (Å²) in [5, 5.41) is 15.3. The topological polar surface area (TPSA) is 120 Å². The van der Waals surface area contributed by atoms with E-state index in [2.05, 4.69) is 20.8 Å². The normalized spacial score (nSPS) is 11.4. The standard InChI is InChI=1S/C21H27ClN6O4S/c1-13(2)24-17(29)7-9-27-19(31)15-11-14(22)5-6-16(15)28-20(27)25-26-21(28)33-12-18(30)23-8-4-10-32-3/h5-6,11,13H,4,7-10,12H2,1-3H3,(H,23,30)(H,24,29). The number of amides is 2. The molecule has 2 N–H and O–H groups in total. The summed E-state index contributed by atoms with van der Waals surface area (Å²) in [5.41, 5.74) is 0.271. The predicted molar refractivity (Wildman–Crippen MR) is 128 cm³/mol. The van der Waals surface area contributed by atoms with E-state index in [1.165, 1.54) is 16.3 Å². The van der Waals surface area contributed by atoms with Gasteiger partial charge in [0.15, 0.2) is 5.16 Å². The Balaban J connectivity index is 1.91. The van der Waals surface area contributed by atoms with Crippen molar-refractivity contribution in [3.8, 4) is 0 Å². The van der Waals surface area contributed by atoms with Crippen LogP contribution >= 0.6 is 23.4 Å². The van der Waals surface area contributed by atoms with Crippen LogP contribution in [-0.2, 0) is 20.9 Å². The Morgan fingerprint density at radius 1 is 1.24 bits per heavy atom. The molecule has 3 rings (SSSR count). The van der Waals surface area contributed by atoms with E-state index >= 15 is 0 Å². The highest BCUT2D eigenvalue weighted by atomic mass is 35.5. The highest BCUT2D eigenvalue weighted by Gasteiger charge is 2.19. The highest BCUT2D eigenvalue weighted by Crippen LogP contribution is 2.23. The summed E-state index contributed by atoms with van der Waals surface area (Å²) in [7, 11) is 1.61. The molecule has 0 aliphatic heterocycles. The van der Waals surface area contributed by atoms with Crippen molar-refractivity contribution in [2.45, 2.75) is 44.4 Å². The number of nitrogens with zero attached hydrogens (tertiary/aromatic N) is 4. The molecule has 33 heavy (non-hydrogen) atoms. The van der Waals surface area contributed by atoms with Gasteiger partial charge in [-0.3, -0.25) is 23.4 Å². The molecular formula is C21H27ClN6O4S. The Morgan fingerprint density at radius 2 is 2.03 bits per heavy atom. The zero-order chi connectivity index (χ0) is 24.0. The molecule has 0 spiro atoms. The van der Waals surface area contributed by atoms with Gasteiger partial charge in [0.2, 0.25) is 17.6 Å². The molecule has 0 bridgehead atoms. The molecule has 2 amide bonds. The van der Waals surface area contributed by atoms with Crippen molar-refractivity contribution in [2.75, 3.05) is 26.0 Å². The quantitative estimate of drug-likeness (QED) is 0.308. The Labute approximate surface area is 200 Å². The second kappa shape index (κ2) is 11.5. The van der Waals surface area contributed by atoms with Crippen LogP contribution in [0.2, 0.25) is 5.02 Å². The number of methoxy groups -OCH3 is 1. The maximum absolute atomic E-state index is 13.2. The van der Waals surface area contributed by atoms with Crippen molar-refractivity contribution in [1.29, 1.82) is 0 Å². The van der Waals surface area contributed by atoms with Crippen LogP contribution in [0.3, 0.4) is 0 Å². The zero-order valence-corrected chi connectivity index (χ0v) is 20.3. The van der Waals surface area contributed by atoms with Crippen molar-refractivity contribution in [1.82, 2.24) is 29.8 Å². The fraction of sp³-hybridized carbons (Fsp3) is 0.476. The number of hydrogen-bond donors (Lipinski definition) is 2. The molecule has 0 radical (unpaired) electrons. The van der Waals surface area contributed by atoms with Gasteiger partial charge in [0, 0.05) is 44.3 Å². The van der Waals surface area contributed by atoms with Gasteiger partial charge >= 0.3 is 0 Å². The second-order valence-electron chi connectivity index (χ2n) is 7.69. The molecule has 0 fully saturated rings. The number of nitrogens with one attached hydrogen (secondary N) is 2. The lowest BCUT2D eigenvalue weighted by atomic mass is 10.2. The first-order valence-electron chi connectivity index (χ1n) is 10.6. The third-order valence-corrected chi connectivity index (χ3v) is 5.89. The first-order valence-corrected chi connectivity index (χ1v) is 11.9. The summed E-state index contributed by atoms with van der Waals surface area (Å²) in [4.78, 5) is 37.5. The Hall–Kier alpha value is -2.63. The van der Waals surface area contributed by atoms with Crippen molar-refractivity contribution >= 4 is 51.9 Å². The third-order valence-electron chi connectivity index (χ3n) is 4.72. The molecule has 0 atom stereocenters. The summed E-state index contributed by atoms with van der Waals surface area (Å²) in [6, 6.07) is 4.99. The number of halogens is 1. The third kappa shape index (κ3) is 6.24. The number of carbonyl (C=O) groups excluding carboxylic acids is 2. The highest BCUT2D eigenvalue weighted by molar-refractivity contribution is 7.99. The minimum Gasteiger partial charge on any atom is -0.385 e. The van der Waals surface area contributed by atoms with Crippen LogP contribution in [0.5, 0.6) is 0 Å². The zero-order valence-electron chi connectivity index (χ0n) is 18.8. The van der Waals surface area contributed by atoms with Gasteiger partial charge in [0.1, 0.15) is 0 Å². The maximum Gasteiger partial charge on any atom is 0.262 e. The van der Waals surface area contributed by atoms with Crippen LogP contribution in [0.4, 0.5) is 0 Å². The number of benzene rings is 1. The maximum atomic E-state index is 13.2. The van der Waals surface area contributed by atoms with E-state index < -0.39 is 0 Å². The molecule has 0 saturated carbocycles. The summed E-state index contributed by atoms with van der Waals surface area (Å²) in [5.74, 6) is 0.133. The number of fused-ring (bicyclic) bond motifs is 3. The minimum absolute atomic E-state index is 0.00129. The number of rotatable bonds is 11. The van der Waals surface area contributed by atoms with Crippen molar-refractivity contribution in [3.63, 3.8) is 0 Å². The van der Waals surface area contributed by atoms with E-state index in [0.717, 1.165) is 6.42 Å². The van der Waals surface area contributed by atoms with E-state index in [9.17, 15) is 14.4 Å². The van der Waals surface area contributed by atoms with E-state index in [-0.39, 0.29) is 42.1 Å². The van der Waals surface area contributed by atoms with E-state index in [1.807, 2.05) is 13.8 Å². The lowest BCUT2D eigenvalue weighted by molar-refractivity contribution is -0.122. The van der Waals surface area contributed by atoms with Gasteiger partial charge in [-0.1, -0.05) is 23.4 Å². The van der Waals surface area contributed by atoms with Crippen molar-refractivity contribution < 1.29 is 14.3 Å². The van der Waals surface area contributed by atoms with Gasteiger partial charge in [-0.2, -0.15) is 0 Å². The monoisotopic (exact) mass is 494 g/mol. The molecule has 0 saturated heterocycles. The minimum atomic E-state index is -0.308. The van der Waals surface area contributed by atoms with Crippen molar-refractivity contribution in [3.05, 3.63) is 33.6 Å². The fourth-order valence-corrected chi connectivity index (χ4v) is 4.23. The van der Waals surface area contributed by atoms with Gasteiger partial charge in [-0.15, -0.1) is 10.2 Å². The van der Waals surface area contributed by atoms with Crippen LogP contribution < -0.4 is 16.2 Å². The van der Waals surface area contributed by atoms with E-state index in [4.69, 9.17) is 16.3 Å². The molecule has 0 unspecified atom stereocenters. The van der Waals surface area contributed by atoms with Crippen LogP contribution in [0.25, 0.3) is 16.7 Å². The summed E-state index contributed by atoms with van der Waals surface area (Å²) < 4.78 is 8.11. The second-order valence-corrected chi connectivity index (χ2v) is 9.07. The molecule has 2 heterocycles. The molecule has 0 aliphatic carbocycles. The Bertz CT molecular complexity index is 1210. The average molecular weight is 495 g/mol. The lowest BCUT2D eigenvalue weighted by Crippen LogP contribution is -2.32. The summed E-state index contributed by atoms with van der Waals surface area (Å²) >= 11 is 7.36. The Kier molecular flexibility index (Phi) is 8.70. The van der Waals surface area contributed by atoms with Crippen LogP contribution in [-0.4, -0.2) is 63.0 Å². The molecular weight excluding hydrogens is 468 g/mol. The first-order chi connectivity index (χ1) is 15.8. The van der Waals surface area contributed by atoms with Crippen LogP contribution in [0, 0.1) is 0 Å². The SMILES string of the molecule is COCCCNC(=O)CSc1nnc2n(CCC(=O)NC(C)C)c(=O)c3cc(Cl)ccc3n12. The lowest BCUT2D eigenvalue weighted by Gasteiger charge is -2.12. The number of thioether (sulfide) groups is 1. The number of ether oxygens (including phenoxy) is 1. The number of aryl methyl sites for hydroxylation is 1. The molecule has 1 aromatic carbocycles. The number of carbonyl (C=O) groups is 2. The van der Waals surface area contributed by atoms with Gasteiger partial charge in [-0.05, 0) is 38.5 Å². The number of aromatic nitrogens is 4. The summed E-state index contributed by atoms with van der Waals surface area (Å²) in [6.45, 7) is 4.97. The molecule has 12 heteroatoms. The Morgan fingerprint density at radius 3 is 2.76 bits per heavy atom. The average Bonchev–Trinajstić information content (AvgIpc) is 3.18.